The van der Waals surface area contributed by atoms with Crippen molar-refractivity contribution < 1.29 is 9.59 Å². The fourth-order valence-electron chi connectivity index (χ4n) is 4.21. The van der Waals surface area contributed by atoms with Crippen molar-refractivity contribution in [2.75, 3.05) is 31.5 Å². The Bertz CT molecular complexity index is 848. The van der Waals surface area contributed by atoms with Crippen LogP contribution in [0.1, 0.15) is 35.1 Å². The van der Waals surface area contributed by atoms with E-state index in [1.165, 1.54) is 5.56 Å². The van der Waals surface area contributed by atoms with E-state index >= 15 is 0 Å². The smallest absolute Gasteiger partial charge is 0.313 e. The summed E-state index contributed by atoms with van der Waals surface area (Å²) in [5.41, 5.74) is 5.18. The third-order valence-corrected chi connectivity index (χ3v) is 5.94. The standard InChI is InChI=1S/C25H33N3O2/c1-18-15-19(2)23(20(3)16-18)27-25(30)24(29)26-17-22-10-13-28(14-11-22)12-9-21-7-5-4-6-8-21/h4-8,15-16,22H,9-14,17H2,1-3H3,(H,26,29)(H,27,30). The summed E-state index contributed by atoms with van der Waals surface area (Å²) in [6.45, 7) is 9.62. The van der Waals surface area contributed by atoms with E-state index in [2.05, 4.69) is 39.8 Å². The maximum Gasteiger partial charge on any atom is 0.313 e. The Hall–Kier alpha value is -2.66. The number of benzene rings is 2. The van der Waals surface area contributed by atoms with Gasteiger partial charge in [0.15, 0.2) is 0 Å². The molecule has 3 rings (SSSR count). The minimum absolute atomic E-state index is 0.428. The van der Waals surface area contributed by atoms with Gasteiger partial charge in [-0.1, -0.05) is 48.0 Å². The number of nitrogens with one attached hydrogen (secondary N) is 2. The topological polar surface area (TPSA) is 61.4 Å². The van der Waals surface area contributed by atoms with Crippen molar-refractivity contribution in [2.24, 2.45) is 5.92 Å². The van der Waals surface area contributed by atoms with Crippen LogP contribution in [0, 0.1) is 26.7 Å². The summed E-state index contributed by atoms with van der Waals surface area (Å²) in [6.07, 6.45) is 3.17. The van der Waals surface area contributed by atoms with Gasteiger partial charge in [-0.15, -0.1) is 0 Å². The van der Waals surface area contributed by atoms with Crippen LogP contribution in [-0.2, 0) is 16.0 Å². The van der Waals surface area contributed by atoms with E-state index in [0.29, 0.717) is 12.5 Å². The molecule has 0 saturated carbocycles. The Morgan fingerprint density at radius 3 is 2.23 bits per heavy atom. The zero-order valence-corrected chi connectivity index (χ0v) is 18.3. The maximum atomic E-state index is 12.3. The molecule has 1 aliphatic heterocycles. The largest absolute Gasteiger partial charge is 0.348 e. The van der Waals surface area contributed by atoms with E-state index in [1.807, 2.05) is 39.0 Å². The number of likely N-dealkylation sites (tertiary alicyclic amines) is 1. The quantitative estimate of drug-likeness (QED) is 0.719. The molecule has 0 aliphatic carbocycles. The SMILES string of the molecule is Cc1cc(C)c(NC(=O)C(=O)NCC2CCN(CCc3ccccc3)CC2)c(C)c1. The third-order valence-electron chi connectivity index (χ3n) is 5.94. The summed E-state index contributed by atoms with van der Waals surface area (Å²) in [4.78, 5) is 27.1. The average Bonchev–Trinajstić information content (AvgIpc) is 2.74. The lowest BCUT2D eigenvalue weighted by atomic mass is 9.96. The number of hydrogen-bond acceptors (Lipinski definition) is 3. The predicted octanol–water partition coefficient (Wildman–Crippen LogP) is 3.62. The minimum atomic E-state index is -0.592. The van der Waals surface area contributed by atoms with E-state index in [1.54, 1.807) is 0 Å². The van der Waals surface area contributed by atoms with Crippen LogP contribution in [0.2, 0.25) is 0 Å². The van der Waals surface area contributed by atoms with E-state index in [9.17, 15) is 9.59 Å². The summed E-state index contributed by atoms with van der Waals surface area (Å²) in [5, 5.41) is 5.60. The number of carbonyl (C=O) groups excluding carboxylic acids is 2. The zero-order chi connectivity index (χ0) is 21.5. The molecular weight excluding hydrogens is 374 g/mol. The number of rotatable bonds is 6. The van der Waals surface area contributed by atoms with Gasteiger partial charge in [-0.3, -0.25) is 9.59 Å². The van der Waals surface area contributed by atoms with Gasteiger partial charge in [-0.2, -0.15) is 0 Å². The van der Waals surface area contributed by atoms with Gasteiger partial charge in [0.25, 0.3) is 0 Å². The van der Waals surface area contributed by atoms with Crippen LogP contribution in [0.3, 0.4) is 0 Å². The van der Waals surface area contributed by atoms with Crippen molar-refractivity contribution in [3.8, 4) is 0 Å². The van der Waals surface area contributed by atoms with Gasteiger partial charge >= 0.3 is 11.8 Å². The second-order valence-electron chi connectivity index (χ2n) is 8.46. The lowest BCUT2D eigenvalue weighted by molar-refractivity contribution is -0.136. The van der Waals surface area contributed by atoms with Gasteiger partial charge in [0.2, 0.25) is 0 Å². The molecule has 2 amide bonds. The fraction of sp³-hybridized carbons (Fsp3) is 0.440. The van der Waals surface area contributed by atoms with Crippen molar-refractivity contribution in [1.82, 2.24) is 10.2 Å². The van der Waals surface area contributed by atoms with Crippen LogP contribution < -0.4 is 10.6 Å². The first-order valence-corrected chi connectivity index (χ1v) is 10.9. The summed E-state index contributed by atoms with van der Waals surface area (Å²) in [6, 6.07) is 14.6. The molecule has 1 fully saturated rings. The molecule has 0 radical (unpaired) electrons. The lowest BCUT2D eigenvalue weighted by Gasteiger charge is -2.32. The first-order chi connectivity index (χ1) is 14.4. The Morgan fingerprint density at radius 2 is 1.60 bits per heavy atom. The number of anilines is 1. The minimum Gasteiger partial charge on any atom is -0.348 e. The van der Waals surface area contributed by atoms with Gasteiger partial charge in [0, 0.05) is 18.8 Å². The Kier molecular flexibility index (Phi) is 7.63. The molecule has 5 heteroatoms. The highest BCUT2D eigenvalue weighted by Gasteiger charge is 2.21. The van der Waals surface area contributed by atoms with Crippen molar-refractivity contribution in [3.05, 3.63) is 64.7 Å². The van der Waals surface area contributed by atoms with Crippen LogP contribution in [0.4, 0.5) is 5.69 Å². The Morgan fingerprint density at radius 1 is 0.967 bits per heavy atom. The molecule has 2 aromatic rings. The molecule has 160 valence electrons. The molecule has 2 aromatic carbocycles. The van der Waals surface area contributed by atoms with Crippen LogP contribution in [0.25, 0.3) is 0 Å². The molecular formula is C25H33N3O2. The molecule has 0 spiro atoms. The summed E-state index contributed by atoms with van der Waals surface area (Å²) in [7, 11) is 0. The Labute approximate surface area is 179 Å². The molecule has 5 nitrogen and oxygen atoms in total. The van der Waals surface area contributed by atoms with E-state index in [4.69, 9.17) is 0 Å². The molecule has 2 N–H and O–H groups in total. The van der Waals surface area contributed by atoms with Gasteiger partial charge in [-0.25, -0.2) is 0 Å². The van der Waals surface area contributed by atoms with Crippen molar-refractivity contribution in [3.63, 3.8) is 0 Å². The summed E-state index contributed by atoms with van der Waals surface area (Å²) in [5.74, 6) is -0.719. The molecule has 0 atom stereocenters. The second-order valence-corrected chi connectivity index (χ2v) is 8.46. The van der Waals surface area contributed by atoms with Crippen LogP contribution in [-0.4, -0.2) is 42.9 Å². The average molecular weight is 408 g/mol. The first kappa shape index (κ1) is 22.0. The highest BCUT2D eigenvalue weighted by atomic mass is 16.2. The molecule has 30 heavy (non-hydrogen) atoms. The van der Waals surface area contributed by atoms with Gasteiger partial charge < -0.3 is 15.5 Å². The van der Waals surface area contributed by atoms with Crippen LogP contribution >= 0.6 is 0 Å². The lowest BCUT2D eigenvalue weighted by Crippen LogP contribution is -2.42. The zero-order valence-electron chi connectivity index (χ0n) is 18.3. The van der Waals surface area contributed by atoms with Crippen molar-refractivity contribution >= 4 is 17.5 Å². The second kappa shape index (κ2) is 10.4. The monoisotopic (exact) mass is 407 g/mol. The highest BCUT2D eigenvalue weighted by Crippen LogP contribution is 2.22. The number of hydrogen-bond donors (Lipinski definition) is 2. The van der Waals surface area contributed by atoms with Gasteiger partial charge in [0.05, 0.1) is 0 Å². The number of amides is 2. The molecule has 0 unspecified atom stereocenters. The molecule has 1 aliphatic rings. The number of carbonyl (C=O) groups is 2. The number of piperidine rings is 1. The molecule has 1 saturated heterocycles. The summed E-state index contributed by atoms with van der Waals surface area (Å²) < 4.78 is 0. The predicted molar refractivity (Wildman–Crippen MR) is 122 cm³/mol. The van der Waals surface area contributed by atoms with Crippen LogP contribution in [0.5, 0.6) is 0 Å². The molecule has 1 heterocycles. The normalized spacial score (nSPS) is 15.0. The number of nitrogens with zero attached hydrogens (tertiary/aromatic N) is 1. The maximum absolute atomic E-state index is 12.3. The first-order valence-electron chi connectivity index (χ1n) is 10.9. The number of aryl methyl sites for hydroxylation is 3. The molecule has 0 aromatic heterocycles. The van der Waals surface area contributed by atoms with Crippen molar-refractivity contribution in [2.45, 2.75) is 40.0 Å². The highest BCUT2D eigenvalue weighted by molar-refractivity contribution is 6.39. The van der Waals surface area contributed by atoms with Crippen LogP contribution in [0.15, 0.2) is 42.5 Å². The van der Waals surface area contributed by atoms with E-state index < -0.39 is 11.8 Å². The molecule has 0 bridgehead atoms. The fourth-order valence-corrected chi connectivity index (χ4v) is 4.21. The summed E-state index contributed by atoms with van der Waals surface area (Å²) >= 11 is 0. The van der Waals surface area contributed by atoms with E-state index in [0.717, 1.165) is 61.3 Å². The van der Waals surface area contributed by atoms with Crippen molar-refractivity contribution in [1.29, 1.82) is 0 Å². The van der Waals surface area contributed by atoms with Gasteiger partial charge in [0.1, 0.15) is 0 Å². The third kappa shape index (κ3) is 6.17. The Balaban J connectivity index is 1.39. The van der Waals surface area contributed by atoms with Gasteiger partial charge in [-0.05, 0) is 75.7 Å². The van der Waals surface area contributed by atoms with E-state index in [-0.39, 0.29) is 0 Å².